The van der Waals surface area contributed by atoms with Gasteiger partial charge in [-0.2, -0.15) is 5.26 Å². The number of aromatic nitrogens is 1. The van der Waals surface area contributed by atoms with E-state index in [4.69, 9.17) is 0 Å². The fraction of sp³-hybridized carbons (Fsp3) is 0.750. The van der Waals surface area contributed by atoms with Crippen LogP contribution in [-0.2, 0) is 26.6 Å². The van der Waals surface area contributed by atoms with Gasteiger partial charge in [-0.05, 0) is 74.6 Å². The van der Waals surface area contributed by atoms with Crippen LogP contribution in [0.3, 0.4) is 0 Å². The van der Waals surface area contributed by atoms with Crippen molar-refractivity contribution in [3.05, 3.63) is 22.2 Å². The number of nitrogens with zero attached hydrogens (tertiary/aromatic N) is 3. The van der Waals surface area contributed by atoms with Crippen LogP contribution < -0.4 is 9.91 Å². The largest absolute Gasteiger partial charge is 0.598 e. The number of pyridine rings is 1. The van der Waals surface area contributed by atoms with Gasteiger partial charge in [0.2, 0.25) is 0 Å². The summed E-state index contributed by atoms with van der Waals surface area (Å²) in [6.07, 6.45) is 1.12. The highest BCUT2D eigenvalue weighted by Crippen LogP contribution is 2.37. The first-order chi connectivity index (χ1) is 16.1. The Bertz CT molecular complexity index is 1090. The van der Waals surface area contributed by atoms with Gasteiger partial charge in [0, 0.05) is 17.9 Å². The number of nitrogens with one attached hydrogen (secondary N) is 1. The Labute approximate surface area is 223 Å². The van der Waals surface area contributed by atoms with Gasteiger partial charge in [-0.1, -0.05) is 38.9 Å². The minimum atomic E-state index is -3.12. The van der Waals surface area contributed by atoms with Crippen LogP contribution in [-0.4, -0.2) is 43.6 Å². The zero-order chi connectivity index (χ0) is 26.9. The summed E-state index contributed by atoms with van der Waals surface area (Å²) in [6.45, 7) is 15.5. The minimum absolute atomic E-state index is 0.0792. The Morgan fingerprint density at radius 3 is 2.37 bits per heavy atom. The maximum absolute atomic E-state index is 16.5. The highest BCUT2D eigenvalue weighted by atomic mass is 79.9. The third kappa shape index (κ3) is 5.98. The van der Waals surface area contributed by atoms with Crippen LogP contribution in [0, 0.1) is 17.1 Å². The minimum Gasteiger partial charge on any atom is -0.598 e. The molecule has 0 saturated carbocycles. The molecule has 1 N–H and O–H groups in total. The van der Waals surface area contributed by atoms with Crippen molar-refractivity contribution in [1.29, 1.82) is 5.26 Å². The topological polar surface area (TPSA) is 101 Å². The second-order valence-electron chi connectivity index (χ2n) is 10.9. The van der Waals surface area contributed by atoms with Crippen molar-refractivity contribution in [2.75, 3.05) is 12.3 Å². The zero-order valence-corrected chi connectivity index (χ0v) is 26.5. The Kier molecular flexibility index (Phi) is 9.72. The van der Waals surface area contributed by atoms with Crippen LogP contribution in [0.1, 0.15) is 73.9 Å². The van der Waals surface area contributed by atoms with E-state index in [1.807, 2.05) is 20.8 Å². The summed E-state index contributed by atoms with van der Waals surface area (Å²) in [5, 5.41) is 10.6. The molecule has 0 bridgehead atoms. The Morgan fingerprint density at radius 1 is 1.31 bits per heavy atom. The maximum Gasteiger partial charge on any atom is 0.146 e. The molecule has 4 atom stereocenters. The van der Waals surface area contributed by atoms with Crippen LogP contribution in [0.4, 0.5) is 4.39 Å². The number of halogens is 2. The Balaban J connectivity index is 2.84. The van der Waals surface area contributed by atoms with Crippen molar-refractivity contribution in [2.45, 2.75) is 101 Å². The molecule has 2 rings (SSSR count). The lowest BCUT2D eigenvalue weighted by molar-refractivity contribution is 0.422. The predicted molar refractivity (Wildman–Crippen MR) is 151 cm³/mol. The van der Waals surface area contributed by atoms with E-state index in [1.54, 1.807) is 19.9 Å². The maximum atomic E-state index is 16.5. The first-order valence-electron chi connectivity index (χ1n) is 12.2. The summed E-state index contributed by atoms with van der Waals surface area (Å²) in [4.78, 5) is 4.54. The van der Waals surface area contributed by atoms with E-state index >= 15 is 4.39 Å². The first kappa shape index (κ1) is 30.7. The fourth-order valence-electron chi connectivity index (χ4n) is 4.73. The molecular weight excluding hydrogens is 567 g/mol. The predicted octanol–water partition coefficient (Wildman–Crippen LogP) is 5.51. The summed E-state index contributed by atoms with van der Waals surface area (Å²) in [5.41, 5.74) is -1.30. The summed E-state index contributed by atoms with van der Waals surface area (Å²) in [6, 6.07) is 6.65. The molecule has 1 aliphatic heterocycles. The average molecular weight is 608 g/mol. The van der Waals surface area contributed by atoms with Gasteiger partial charge in [0.15, 0.2) is 0 Å². The van der Waals surface area contributed by atoms with E-state index in [0.717, 1.165) is 18.1 Å². The van der Waals surface area contributed by atoms with E-state index in [9.17, 15) is 14.0 Å². The molecule has 1 aromatic rings. The number of nitriles is 1. The van der Waals surface area contributed by atoms with Gasteiger partial charge < -0.3 is 4.55 Å². The highest BCUT2D eigenvalue weighted by Gasteiger charge is 2.49. The van der Waals surface area contributed by atoms with Crippen LogP contribution in [0.25, 0.3) is 0 Å². The van der Waals surface area contributed by atoms with Crippen LogP contribution in [0.15, 0.2) is 15.0 Å². The van der Waals surface area contributed by atoms with Gasteiger partial charge >= 0.3 is 0 Å². The van der Waals surface area contributed by atoms with Crippen molar-refractivity contribution in [1.82, 2.24) is 9.71 Å². The molecule has 0 radical (unpaired) electrons. The molecule has 0 aliphatic carbocycles. The van der Waals surface area contributed by atoms with Crippen molar-refractivity contribution < 1.29 is 13.2 Å². The van der Waals surface area contributed by atoms with E-state index in [-0.39, 0.29) is 11.4 Å². The fourth-order valence-corrected chi connectivity index (χ4v) is 12.7. The lowest BCUT2D eigenvalue weighted by atomic mass is 10.0. The van der Waals surface area contributed by atoms with Crippen LogP contribution in [0.2, 0.25) is 18.1 Å². The van der Waals surface area contributed by atoms with Crippen molar-refractivity contribution in [3.8, 4) is 6.07 Å². The van der Waals surface area contributed by atoms with Crippen LogP contribution >= 0.6 is 15.9 Å². The molecule has 198 valence electrons. The smallest absolute Gasteiger partial charge is 0.146 e. The van der Waals surface area contributed by atoms with E-state index in [0.29, 0.717) is 29.2 Å². The molecule has 11 heteroatoms. The summed E-state index contributed by atoms with van der Waals surface area (Å²) >= 11 is 1.88. The summed E-state index contributed by atoms with van der Waals surface area (Å²) in [7, 11) is -5.27. The number of rotatable bonds is 9. The molecule has 6 nitrogen and oxygen atoms in total. The highest BCUT2D eigenvalue weighted by molar-refractivity contribution is 9.10. The second kappa shape index (κ2) is 11.1. The van der Waals surface area contributed by atoms with Gasteiger partial charge in [-0.25, -0.2) is 17.9 Å². The molecule has 0 fully saturated rings. The standard InChI is InChI=1S/C24H40BrFN4O2S2Si/c1-9-35(10-2,11-3)18-15-19(25)29-21(20(18)26)24(8,30-33(31)22(4,5)6)17-34(32)23(7,16-27)13-12-14-28-34/h15,30H,9-14,17H2,1-8H3/t23-,24+,33-,34-/m1/s1. The molecule has 35 heavy (non-hydrogen) atoms. The van der Waals surface area contributed by atoms with Gasteiger partial charge in [-0.15, -0.1) is 4.72 Å². The summed E-state index contributed by atoms with van der Waals surface area (Å²) in [5.74, 6) is -0.589. The quantitative estimate of drug-likeness (QED) is 0.227. The monoisotopic (exact) mass is 606 g/mol. The first-order valence-corrected chi connectivity index (χ1v) is 18.5. The van der Waals surface area contributed by atoms with Gasteiger partial charge in [0.25, 0.3) is 0 Å². The SMILES string of the molecule is CC[Si](CC)(CC)c1cc(Br)nc([C@](C)(C[S@]2(=O)=NCCC[C@]2(C)C#N)N[S@+]([O-])C(C)(C)C)c1F. The van der Waals surface area contributed by atoms with Crippen molar-refractivity contribution in [3.63, 3.8) is 0 Å². The normalized spacial score (nSPS) is 25.9. The number of hydrogen-bond acceptors (Lipinski definition) is 6. The third-order valence-corrected chi connectivity index (χ3v) is 18.5. The van der Waals surface area contributed by atoms with Gasteiger partial charge in [0.05, 0.1) is 29.6 Å². The van der Waals surface area contributed by atoms with Gasteiger partial charge in [0.1, 0.15) is 31.1 Å². The lowest BCUT2D eigenvalue weighted by Crippen LogP contribution is -2.57. The molecule has 1 aromatic heterocycles. The summed E-state index contributed by atoms with van der Waals surface area (Å²) < 4.78 is 50.3. The Hall–Kier alpha value is -0.513. The van der Waals surface area contributed by atoms with Crippen LogP contribution in [0.5, 0.6) is 0 Å². The molecule has 0 unspecified atom stereocenters. The number of hydrogen-bond donors (Lipinski definition) is 1. The molecular formula is C24H40BrFN4O2S2Si. The second-order valence-corrected chi connectivity index (χ2v) is 21.6. The van der Waals surface area contributed by atoms with E-state index in [1.165, 1.54) is 0 Å². The molecule has 1 aliphatic rings. The lowest BCUT2D eigenvalue weighted by Gasteiger charge is -2.39. The molecule has 2 heterocycles. The zero-order valence-electron chi connectivity index (χ0n) is 22.3. The molecule has 0 spiro atoms. The average Bonchev–Trinajstić information content (AvgIpc) is 2.78. The van der Waals surface area contributed by atoms with Crippen molar-refractivity contribution in [2.24, 2.45) is 4.36 Å². The Morgan fingerprint density at radius 2 is 1.89 bits per heavy atom. The molecule has 0 aromatic carbocycles. The molecule has 0 saturated heterocycles. The van der Waals surface area contributed by atoms with Gasteiger partial charge in [-0.3, -0.25) is 0 Å². The third-order valence-electron chi connectivity index (χ3n) is 7.46. The van der Waals surface area contributed by atoms with E-state index in [2.05, 4.69) is 56.8 Å². The van der Waals surface area contributed by atoms with Crippen molar-refractivity contribution >= 4 is 50.3 Å². The molecule has 0 amide bonds. The van der Waals surface area contributed by atoms with E-state index < -0.39 is 50.0 Å².